The second kappa shape index (κ2) is 4.20. The molecule has 1 aromatic heterocycles. The Kier molecular flexibility index (Phi) is 2.59. The molecule has 1 aromatic rings. The van der Waals surface area contributed by atoms with Gasteiger partial charge in [-0.05, 0) is 56.3 Å². The van der Waals surface area contributed by atoms with E-state index in [1.165, 1.54) is 38.5 Å². The van der Waals surface area contributed by atoms with Crippen molar-refractivity contribution in [1.82, 2.24) is 10.1 Å². The molecule has 5 nitrogen and oxygen atoms in total. The molecular weight excluding hydrogens is 242 g/mol. The van der Waals surface area contributed by atoms with Crippen LogP contribution in [-0.2, 0) is 11.2 Å². The maximum atomic E-state index is 6.29. The van der Waals surface area contributed by atoms with Crippen LogP contribution in [0.3, 0.4) is 0 Å². The molecule has 0 aliphatic heterocycles. The average molecular weight is 263 g/mol. The van der Waals surface area contributed by atoms with Crippen LogP contribution in [0, 0.1) is 17.8 Å². The van der Waals surface area contributed by atoms with Gasteiger partial charge in [-0.2, -0.15) is 4.98 Å². The molecule has 4 fully saturated rings. The van der Waals surface area contributed by atoms with E-state index < -0.39 is 0 Å². The summed E-state index contributed by atoms with van der Waals surface area (Å²) in [5.41, 5.74) is 5.59. The highest BCUT2D eigenvalue weighted by Gasteiger charge is 2.51. The summed E-state index contributed by atoms with van der Waals surface area (Å²) in [6, 6.07) is 0.143. The number of hydrogen-bond acceptors (Lipinski definition) is 5. The molecule has 104 valence electrons. The summed E-state index contributed by atoms with van der Waals surface area (Å²) in [7, 11) is 0. The van der Waals surface area contributed by atoms with Gasteiger partial charge in [-0.15, -0.1) is 0 Å². The lowest BCUT2D eigenvalue weighted by Gasteiger charge is -2.56. The highest BCUT2D eigenvalue weighted by Crippen LogP contribution is 2.57. The molecule has 0 aromatic carbocycles. The lowest BCUT2D eigenvalue weighted by molar-refractivity contribution is -0.161. The van der Waals surface area contributed by atoms with Gasteiger partial charge < -0.3 is 15.0 Å². The van der Waals surface area contributed by atoms with Crippen LogP contribution in [0.4, 0.5) is 6.01 Å². The van der Waals surface area contributed by atoms with Crippen molar-refractivity contribution in [3.8, 4) is 0 Å². The molecule has 0 unspecified atom stereocenters. The SMILES string of the molecule is Nc1nc(CCOC23CC4CC(CC(C4)C2)C3)no1. The van der Waals surface area contributed by atoms with Crippen molar-refractivity contribution in [2.45, 2.75) is 50.5 Å². The maximum absolute atomic E-state index is 6.29. The number of nitrogens with two attached hydrogens (primary N) is 1. The van der Waals surface area contributed by atoms with Gasteiger partial charge in [-0.3, -0.25) is 0 Å². The first-order valence-electron chi connectivity index (χ1n) is 7.43. The number of ether oxygens (including phenoxy) is 1. The fourth-order valence-electron chi connectivity index (χ4n) is 4.94. The zero-order valence-electron chi connectivity index (χ0n) is 11.2. The molecule has 4 bridgehead atoms. The normalized spacial score (nSPS) is 39.9. The van der Waals surface area contributed by atoms with Crippen LogP contribution in [0.5, 0.6) is 0 Å². The summed E-state index contributed by atoms with van der Waals surface area (Å²) in [6.45, 7) is 0.686. The molecule has 0 radical (unpaired) electrons. The monoisotopic (exact) mass is 263 g/mol. The number of hydrogen-bond donors (Lipinski definition) is 1. The van der Waals surface area contributed by atoms with Gasteiger partial charge in [0.25, 0.3) is 0 Å². The minimum Gasteiger partial charge on any atom is -0.375 e. The van der Waals surface area contributed by atoms with Crippen LogP contribution >= 0.6 is 0 Å². The van der Waals surface area contributed by atoms with Gasteiger partial charge in [0, 0.05) is 6.42 Å². The number of anilines is 1. The smallest absolute Gasteiger partial charge is 0.318 e. The number of nitrogen functional groups attached to an aromatic ring is 1. The highest BCUT2D eigenvalue weighted by molar-refractivity contribution is 5.07. The Morgan fingerprint density at radius 1 is 1.16 bits per heavy atom. The second-order valence-electron chi connectivity index (χ2n) is 6.75. The molecule has 5 rings (SSSR count). The Labute approximate surface area is 112 Å². The third-order valence-electron chi connectivity index (χ3n) is 5.20. The quantitative estimate of drug-likeness (QED) is 0.901. The van der Waals surface area contributed by atoms with E-state index in [-0.39, 0.29) is 11.6 Å². The van der Waals surface area contributed by atoms with E-state index in [1.807, 2.05) is 0 Å². The molecule has 2 N–H and O–H groups in total. The van der Waals surface area contributed by atoms with E-state index >= 15 is 0 Å². The molecule has 4 aliphatic carbocycles. The first-order chi connectivity index (χ1) is 9.21. The second-order valence-corrected chi connectivity index (χ2v) is 6.75. The van der Waals surface area contributed by atoms with Crippen molar-refractivity contribution in [3.05, 3.63) is 5.82 Å². The third-order valence-corrected chi connectivity index (χ3v) is 5.20. The van der Waals surface area contributed by atoms with Crippen LogP contribution in [-0.4, -0.2) is 22.3 Å². The maximum Gasteiger partial charge on any atom is 0.318 e. The Hall–Kier alpha value is -1.10. The van der Waals surface area contributed by atoms with Crippen LogP contribution in [0.2, 0.25) is 0 Å². The van der Waals surface area contributed by atoms with Gasteiger partial charge in [0.05, 0.1) is 12.2 Å². The van der Waals surface area contributed by atoms with Crippen LogP contribution in [0.1, 0.15) is 44.3 Å². The summed E-state index contributed by atoms with van der Waals surface area (Å²) >= 11 is 0. The van der Waals surface area contributed by atoms with Gasteiger partial charge in [0.2, 0.25) is 0 Å². The van der Waals surface area contributed by atoms with Gasteiger partial charge in [-0.1, -0.05) is 5.16 Å². The Morgan fingerprint density at radius 3 is 2.32 bits per heavy atom. The minimum absolute atomic E-state index is 0.143. The summed E-state index contributed by atoms with van der Waals surface area (Å²) in [5.74, 6) is 3.42. The molecule has 1 heterocycles. The molecule has 0 amide bonds. The number of rotatable bonds is 4. The summed E-state index contributed by atoms with van der Waals surface area (Å²) < 4.78 is 11.1. The van der Waals surface area contributed by atoms with Crippen molar-refractivity contribution < 1.29 is 9.26 Å². The topological polar surface area (TPSA) is 74.2 Å². The van der Waals surface area contributed by atoms with Gasteiger partial charge in [0.1, 0.15) is 0 Å². The standard InChI is InChI=1S/C14H21N3O2/c15-13-16-12(17-19-13)1-2-18-14-6-9-3-10(7-14)5-11(4-9)8-14/h9-11H,1-8H2,(H2,15,16,17). The van der Waals surface area contributed by atoms with Crippen molar-refractivity contribution in [1.29, 1.82) is 0 Å². The Morgan fingerprint density at radius 2 is 1.79 bits per heavy atom. The molecule has 4 aliphatic rings. The minimum atomic E-state index is 0.143. The van der Waals surface area contributed by atoms with E-state index in [4.69, 9.17) is 15.0 Å². The average Bonchev–Trinajstić information content (AvgIpc) is 2.73. The van der Waals surface area contributed by atoms with E-state index in [0.29, 0.717) is 18.9 Å². The Balaban J connectivity index is 1.37. The molecule has 19 heavy (non-hydrogen) atoms. The zero-order chi connectivity index (χ0) is 12.9. The van der Waals surface area contributed by atoms with Crippen molar-refractivity contribution in [2.75, 3.05) is 12.3 Å². The zero-order valence-corrected chi connectivity index (χ0v) is 11.2. The lowest BCUT2D eigenvalue weighted by atomic mass is 9.54. The fourth-order valence-corrected chi connectivity index (χ4v) is 4.94. The molecule has 0 saturated heterocycles. The lowest BCUT2D eigenvalue weighted by Crippen LogP contribution is -2.52. The third kappa shape index (κ3) is 2.14. The molecule has 5 heteroatoms. The van der Waals surface area contributed by atoms with Gasteiger partial charge >= 0.3 is 6.01 Å². The predicted molar refractivity (Wildman–Crippen MR) is 69.3 cm³/mol. The molecule has 4 saturated carbocycles. The van der Waals surface area contributed by atoms with E-state index in [0.717, 1.165) is 17.8 Å². The molecular formula is C14H21N3O2. The number of aromatic nitrogens is 2. The predicted octanol–water partition coefficient (Wildman–Crippen LogP) is 2.18. The molecule has 0 atom stereocenters. The molecule has 0 spiro atoms. The van der Waals surface area contributed by atoms with Crippen molar-refractivity contribution in [3.63, 3.8) is 0 Å². The van der Waals surface area contributed by atoms with E-state index in [2.05, 4.69) is 10.1 Å². The first kappa shape index (κ1) is 11.7. The van der Waals surface area contributed by atoms with Gasteiger partial charge in [0.15, 0.2) is 5.82 Å². The van der Waals surface area contributed by atoms with Crippen LogP contribution < -0.4 is 5.73 Å². The highest BCUT2D eigenvalue weighted by atomic mass is 16.5. The van der Waals surface area contributed by atoms with Gasteiger partial charge in [-0.25, -0.2) is 0 Å². The van der Waals surface area contributed by atoms with Crippen LogP contribution in [0.15, 0.2) is 4.52 Å². The van der Waals surface area contributed by atoms with Crippen molar-refractivity contribution in [2.24, 2.45) is 17.8 Å². The van der Waals surface area contributed by atoms with E-state index in [9.17, 15) is 0 Å². The first-order valence-corrected chi connectivity index (χ1v) is 7.43. The van der Waals surface area contributed by atoms with E-state index in [1.54, 1.807) is 0 Å². The summed E-state index contributed by atoms with van der Waals surface area (Å²) in [5, 5.41) is 3.81. The largest absolute Gasteiger partial charge is 0.375 e. The van der Waals surface area contributed by atoms with Crippen LogP contribution in [0.25, 0.3) is 0 Å². The Bertz CT molecular complexity index is 436. The number of nitrogens with zero attached hydrogens (tertiary/aromatic N) is 2. The summed E-state index contributed by atoms with van der Waals surface area (Å²) in [6.07, 6.45) is 8.86. The van der Waals surface area contributed by atoms with Crippen molar-refractivity contribution >= 4 is 6.01 Å². The fraction of sp³-hybridized carbons (Fsp3) is 0.857. The summed E-state index contributed by atoms with van der Waals surface area (Å²) in [4.78, 5) is 4.01.